The van der Waals surface area contributed by atoms with Crippen LogP contribution < -0.4 is 10.6 Å². The van der Waals surface area contributed by atoms with Crippen LogP contribution in [0.1, 0.15) is 86.6 Å². The maximum absolute atomic E-state index is 11.1. The SMILES string of the molecule is C.C.C.C.C.C.C.C.C.CNCNC(=O)CC(=O)OCOC(=O)CC(C)=O. The molecule has 0 saturated heterocycles. The molecule has 0 unspecified atom stereocenters. The molecule has 0 aliphatic heterocycles. The van der Waals surface area contributed by atoms with E-state index in [0.717, 1.165) is 0 Å². The zero-order valence-electron chi connectivity index (χ0n) is 10.3. The highest BCUT2D eigenvalue weighted by Crippen LogP contribution is 1.91. The first-order chi connectivity index (χ1) is 8.45. The molecule has 0 bridgehead atoms. The van der Waals surface area contributed by atoms with Crippen molar-refractivity contribution < 1.29 is 28.7 Å². The van der Waals surface area contributed by atoms with Gasteiger partial charge in [-0.3, -0.25) is 19.2 Å². The summed E-state index contributed by atoms with van der Waals surface area (Å²) in [7, 11) is 1.63. The van der Waals surface area contributed by atoms with Crippen molar-refractivity contribution in [3.05, 3.63) is 0 Å². The van der Waals surface area contributed by atoms with Gasteiger partial charge in [0, 0.05) is 0 Å². The molecule has 0 spiro atoms. The van der Waals surface area contributed by atoms with Gasteiger partial charge in [-0.05, 0) is 14.0 Å². The van der Waals surface area contributed by atoms with E-state index in [9.17, 15) is 19.2 Å². The number of nitrogens with one attached hydrogen (secondary N) is 2. The van der Waals surface area contributed by atoms with Crippen molar-refractivity contribution in [2.24, 2.45) is 0 Å². The van der Waals surface area contributed by atoms with Gasteiger partial charge in [0.05, 0.1) is 6.67 Å². The van der Waals surface area contributed by atoms with Crippen molar-refractivity contribution in [2.75, 3.05) is 20.5 Å². The lowest BCUT2D eigenvalue weighted by atomic mass is 10.3. The Hall–Kier alpha value is -1.96. The van der Waals surface area contributed by atoms with Crippen LogP contribution in [0.15, 0.2) is 0 Å². The lowest BCUT2D eigenvalue weighted by Gasteiger charge is -2.06. The second-order valence-electron chi connectivity index (χ2n) is 3.34. The molecule has 8 nitrogen and oxygen atoms in total. The fourth-order valence-electron chi connectivity index (χ4n) is 0.847. The molecule has 0 saturated carbocycles. The monoisotopic (exact) mass is 404 g/mol. The molecule has 174 valence electrons. The number of ether oxygens (including phenoxy) is 2. The van der Waals surface area contributed by atoms with Gasteiger partial charge in [0.1, 0.15) is 18.6 Å². The molecule has 1 amide bonds. The molecule has 0 aromatic heterocycles. The summed E-state index contributed by atoms with van der Waals surface area (Å²) in [5.74, 6) is -2.46. The maximum Gasteiger partial charge on any atom is 0.318 e. The van der Waals surface area contributed by atoms with E-state index in [1.165, 1.54) is 6.92 Å². The van der Waals surface area contributed by atoms with Crippen LogP contribution in [0.3, 0.4) is 0 Å². The van der Waals surface area contributed by atoms with Crippen LogP contribution in [0.2, 0.25) is 0 Å². The molecule has 0 aromatic rings. The fraction of sp³-hybridized carbons (Fsp3) is 0.789. The molecule has 0 atom stereocenters. The van der Waals surface area contributed by atoms with Crippen LogP contribution >= 0.6 is 0 Å². The highest BCUT2D eigenvalue weighted by molar-refractivity contribution is 5.95. The molecule has 0 aliphatic carbocycles. The number of ketones is 1. The predicted molar refractivity (Wildman–Crippen MR) is 120 cm³/mol. The number of esters is 2. The zero-order chi connectivity index (χ0) is 14.0. The van der Waals surface area contributed by atoms with Gasteiger partial charge in [0.2, 0.25) is 12.7 Å². The summed E-state index contributed by atoms with van der Waals surface area (Å²) in [6.45, 7) is 0.864. The van der Waals surface area contributed by atoms with Crippen molar-refractivity contribution in [3.63, 3.8) is 0 Å². The quantitative estimate of drug-likeness (QED) is 0.350. The Bertz CT molecular complexity index is 334. The summed E-state index contributed by atoms with van der Waals surface area (Å²) in [6, 6.07) is 0. The molecular weight excluding hydrogens is 352 g/mol. The zero-order valence-corrected chi connectivity index (χ0v) is 10.3. The molecule has 0 rings (SSSR count). The highest BCUT2D eigenvalue weighted by atomic mass is 16.7. The number of hydrogen-bond donors (Lipinski definition) is 2. The van der Waals surface area contributed by atoms with Gasteiger partial charge in [-0.2, -0.15) is 0 Å². The predicted octanol–water partition coefficient (Wildman–Crippen LogP) is 4.42. The second kappa shape index (κ2) is 39.2. The van der Waals surface area contributed by atoms with Gasteiger partial charge in [-0.25, -0.2) is 0 Å². The number of rotatable bonds is 8. The summed E-state index contributed by atoms with van der Waals surface area (Å²) >= 11 is 0. The number of amides is 1. The maximum atomic E-state index is 11.1. The van der Waals surface area contributed by atoms with Crippen molar-refractivity contribution >= 4 is 23.6 Å². The van der Waals surface area contributed by atoms with Crippen LogP contribution in [0, 0.1) is 0 Å². The van der Waals surface area contributed by atoms with Gasteiger partial charge in [-0.1, -0.05) is 66.8 Å². The van der Waals surface area contributed by atoms with Crippen LogP contribution in [0.5, 0.6) is 0 Å². The van der Waals surface area contributed by atoms with Crippen LogP contribution in [-0.2, 0) is 28.7 Å². The van der Waals surface area contributed by atoms with Crippen molar-refractivity contribution in [1.82, 2.24) is 10.6 Å². The molecule has 0 aliphatic rings. The Labute approximate surface area is 170 Å². The Morgan fingerprint density at radius 3 is 1.41 bits per heavy atom. The molecule has 0 fully saturated rings. The van der Waals surface area contributed by atoms with Crippen molar-refractivity contribution in [1.29, 1.82) is 0 Å². The van der Waals surface area contributed by atoms with E-state index in [1.54, 1.807) is 7.05 Å². The van der Waals surface area contributed by atoms with E-state index in [2.05, 4.69) is 20.1 Å². The van der Waals surface area contributed by atoms with Crippen molar-refractivity contribution in [2.45, 2.75) is 86.6 Å². The summed E-state index contributed by atoms with van der Waals surface area (Å²) in [6.07, 6.45) is -0.841. The first kappa shape index (κ1) is 64.0. The van der Waals surface area contributed by atoms with Gasteiger partial charge in [-0.15, -0.1) is 0 Å². The third-order valence-electron chi connectivity index (χ3n) is 1.60. The second-order valence-corrected chi connectivity index (χ2v) is 3.34. The normalized spacial score (nSPS) is 6.30. The standard InChI is InChI=1S/C10H16N2O6.9CH4/c1-7(13)3-9(15)17-6-18-10(16)4-8(14)12-5-11-2;;;;;;;;;/h11H,3-6H2,1-2H3,(H,12,14);9*1H4. The number of carbonyl (C=O) groups is 4. The first-order valence-electron chi connectivity index (χ1n) is 5.17. The average Bonchev–Trinajstić information content (AvgIpc) is 2.25. The summed E-state index contributed by atoms with van der Waals surface area (Å²) in [4.78, 5) is 43.5. The van der Waals surface area contributed by atoms with Gasteiger partial charge in [0.25, 0.3) is 0 Å². The third kappa shape index (κ3) is 45.4. The Morgan fingerprint density at radius 1 is 0.704 bits per heavy atom. The molecular formula is C19H52N2O6. The fourth-order valence-corrected chi connectivity index (χ4v) is 0.847. The Kier molecular flexibility index (Phi) is 92.9. The molecule has 0 radical (unpaired) electrons. The topological polar surface area (TPSA) is 111 Å². The lowest BCUT2D eigenvalue weighted by molar-refractivity contribution is -0.167. The average molecular weight is 405 g/mol. The lowest BCUT2D eigenvalue weighted by Crippen LogP contribution is -2.33. The van der Waals surface area contributed by atoms with Gasteiger partial charge in [0.15, 0.2) is 0 Å². The number of carbonyl (C=O) groups excluding carboxylic acids is 4. The molecule has 8 heteroatoms. The summed E-state index contributed by atoms with van der Waals surface area (Å²) in [5, 5.41) is 5.05. The minimum Gasteiger partial charge on any atom is -0.428 e. The third-order valence-corrected chi connectivity index (χ3v) is 1.60. The molecule has 2 N–H and O–H groups in total. The van der Waals surface area contributed by atoms with E-state index in [1.807, 2.05) is 0 Å². The largest absolute Gasteiger partial charge is 0.428 e. The van der Waals surface area contributed by atoms with Gasteiger partial charge >= 0.3 is 11.9 Å². The minimum atomic E-state index is -0.820. The summed E-state index contributed by atoms with van der Waals surface area (Å²) < 4.78 is 8.91. The van der Waals surface area contributed by atoms with Crippen LogP contribution in [-0.4, -0.2) is 44.1 Å². The first-order valence-corrected chi connectivity index (χ1v) is 5.17. The molecule has 27 heavy (non-hydrogen) atoms. The van der Waals surface area contributed by atoms with E-state index in [4.69, 9.17) is 0 Å². The summed E-state index contributed by atoms with van der Waals surface area (Å²) in [5.41, 5.74) is 0. The minimum absolute atomic E-state index is 0. The van der Waals surface area contributed by atoms with Crippen LogP contribution in [0.4, 0.5) is 0 Å². The van der Waals surface area contributed by atoms with Crippen LogP contribution in [0.25, 0.3) is 0 Å². The van der Waals surface area contributed by atoms with E-state index < -0.39 is 31.1 Å². The number of hydrogen-bond acceptors (Lipinski definition) is 7. The number of Topliss-reactive ketones (excluding diaryl/α,β-unsaturated/α-hetero) is 1. The van der Waals surface area contributed by atoms with E-state index in [-0.39, 0.29) is 85.7 Å². The molecule has 0 aromatic carbocycles. The van der Waals surface area contributed by atoms with E-state index in [0.29, 0.717) is 0 Å². The van der Waals surface area contributed by atoms with Crippen molar-refractivity contribution in [3.8, 4) is 0 Å². The Morgan fingerprint density at radius 2 is 1.07 bits per heavy atom. The highest BCUT2D eigenvalue weighted by Gasteiger charge is 2.11. The van der Waals surface area contributed by atoms with Gasteiger partial charge < -0.3 is 20.1 Å². The Balaban J connectivity index is -0.0000000401. The molecule has 0 heterocycles. The smallest absolute Gasteiger partial charge is 0.318 e. The van der Waals surface area contributed by atoms with E-state index >= 15 is 0 Å².